The lowest BCUT2D eigenvalue weighted by Gasteiger charge is -2.31. The highest BCUT2D eigenvalue weighted by Crippen LogP contribution is 2.19. The lowest BCUT2D eigenvalue weighted by atomic mass is 9.97. The summed E-state index contributed by atoms with van der Waals surface area (Å²) in [6.07, 6.45) is 7.35. The highest BCUT2D eigenvalue weighted by Gasteiger charge is 2.27. The van der Waals surface area contributed by atoms with Crippen molar-refractivity contribution < 1.29 is 14.3 Å². The number of amides is 3. The van der Waals surface area contributed by atoms with E-state index in [0.717, 1.165) is 19.3 Å². The number of morpholine rings is 1. The molecule has 6 nitrogen and oxygen atoms in total. The van der Waals surface area contributed by atoms with Gasteiger partial charge in [-0.1, -0.05) is 11.6 Å². The Kier molecular flexibility index (Phi) is 5.40. The molecule has 0 saturated carbocycles. The standard InChI is InChI=1S/C14H23N3O3/c15-13(18)12-10-17(8-9-20-12)14(19)16-7-6-11-4-2-1-3-5-11/h4,12H,1-3,5-10H2,(H2,15,18)(H,16,19). The fourth-order valence-electron chi connectivity index (χ4n) is 2.58. The zero-order valence-electron chi connectivity index (χ0n) is 11.8. The van der Waals surface area contributed by atoms with Crippen molar-refractivity contribution in [2.24, 2.45) is 5.73 Å². The van der Waals surface area contributed by atoms with Crippen LogP contribution in [0.4, 0.5) is 4.79 Å². The van der Waals surface area contributed by atoms with Gasteiger partial charge in [0.2, 0.25) is 5.91 Å². The lowest BCUT2D eigenvalue weighted by molar-refractivity contribution is -0.133. The molecular weight excluding hydrogens is 258 g/mol. The number of primary amides is 1. The fraction of sp³-hybridized carbons (Fsp3) is 0.714. The third-order valence-electron chi connectivity index (χ3n) is 3.78. The third kappa shape index (κ3) is 4.23. The fourth-order valence-corrected chi connectivity index (χ4v) is 2.58. The minimum absolute atomic E-state index is 0.143. The number of hydrogen-bond acceptors (Lipinski definition) is 3. The molecule has 1 heterocycles. The van der Waals surface area contributed by atoms with Crippen molar-refractivity contribution >= 4 is 11.9 Å². The zero-order chi connectivity index (χ0) is 14.4. The maximum absolute atomic E-state index is 12.0. The van der Waals surface area contributed by atoms with E-state index in [1.54, 1.807) is 4.90 Å². The van der Waals surface area contributed by atoms with Crippen molar-refractivity contribution in [3.63, 3.8) is 0 Å². The molecule has 1 saturated heterocycles. The number of nitrogens with zero attached hydrogens (tertiary/aromatic N) is 1. The summed E-state index contributed by atoms with van der Waals surface area (Å²) >= 11 is 0. The summed E-state index contributed by atoms with van der Waals surface area (Å²) in [5, 5.41) is 2.90. The summed E-state index contributed by atoms with van der Waals surface area (Å²) in [4.78, 5) is 24.7. The van der Waals surface area contributed by atoms with Gasteiger partial charge >= 0.3 is 6.03 Å². The molecule has 0 aromatic carbocycles. The summed E-state index contributed by atoms with van der Waals surface area (Å²) in [6, 6.07) is -0.143. The Labute approximate surface area is 119 Å². The molecule has 6 heteroatoms. The Hall–Kier alpha value is -1.56. The molecule has 3 N–H and O–H groups in total. The van der Waals surface area contributed by atoms with Crippen LogP contribution in [-0.2, 0) is 9.53 Å². The van der Waals surface area contributed by atoms with Crippen LogP contribution in [0.3, 0.4) is 0 Å². The predicted octanol–water partition coefficient (Wildman–Crippen LogP) is 0.773. The molecule has 1 unspecified atom stereocenters. The molecule has 0 aromatic heterocycles. The number of carbonyl (C=O) groups is 2. The van der Waals surface area contributed by atoms with Crippen LogP contribution in [-0.4, -0.2) is 49.2 Å². The van der Waals surface area contributed by atoms with E-state index in [1.165, 1.54) is 18.4 Å². The molecule has 1 aliphatic carbocycles. The van der Waals surface area contributed by atoms with E-state index < -0.39 is 12.0 Å². The Morgan fingerprint density at radius 2 is 2.30 bits per heavy atom. The first-order valence-electron chi connectivity index (χ1n) is 7.28. The van der Waals surface area contributed by atoms with Crippen LogP contribution < -0.4 is 11.1 Å². The molecule has 112 valence electrons. The normalized spacial score (nSPS) is 23.1. The monoisotopic (exact) mass is 281 g/mol. The van der Waals surface area contributed by atoms with Crippen LogP contribution >= 0.6 is 0 Å². The largest absolute Gasteiger partial charge is 0.367 e. The van der Waals surface area contributed by atoms with E-state index in [4.69, 9.17) is 10.5 Å². The smallest absolute Gasteiger partial charge is 0.317 e. The van der Waals surface area contributed by atoms with Crippen molar-refractivity contribution in [3.05, 3.63) is 11.6 Å². The average molecular weight is 281 g/mol. The molecule has 0 aromatic rings. The second-order valence-electron chi connectivity index (χ2n) is 5.30. The molecule has 0 bridgehead atoms. The van der Waals surface area contributed by atoms with E-state index in [2.05, 4.69) is 11.4 Å². The van der Waals surface area contributed by atoms with E-state index in [0.29, 0.717) is 19.7 Å². The van der Waals surface area contributed by atoms with Gasteiger partial charge in [0.1, 0.15) is 0 Å². The van der Waals surface area contributed by atoms with Gasteiger partial charge in [0.25, 0.3) is 0 Å². The van der Waals surface area contributed by atoms with Crippen LogP contribution in [0.1, 0.15) is 32.1 Å². The second kappa shape index (κ2) is 7.28. The van der Waals surface area contributed by atoms with Crippen molar-refractivity contribution in [1.29, 1.82) is 0 Å². The van der Waals surface area contributed by atoms with Crippen LogP contribution in [0.15, 0.2) is 11.6 Å². The maximum atomic E-state index is 12.0. The molecule has 1 aliphatic heterocycles. The molecule has 0 spiro atoms. The first-order valence-corrected chi connectivity index (χ1v) is 7.28. The molecule has 2 aliphatic rings. The summed E-state index contributed by atoms with van der Waals surface area (Å²) in [7, 11) is 0. The number of urea groups is 1. The van der Waals surface area contributed by atoms with E-state index in [-0.39, 0.29) is 12.6 Å². The van der Waals surface area contributed by atoms with Crippen LogP contribution in [0.5, 0.6) is 0 Å². The molecule has 20 heavy (non-hydrogen) atoms. The van der Waals surface area contributed by atoms with Gasteiger partial charge in [0, 0.05) is 13.1 Å². The van der Waals surface area contributed by atoms with Crippen molar-refractivity contribution in [1.82, 2.24) is 10.2 Å². The Balaban J connectivity index is 1.71. The summed E-state index contributed by atoms with van der Waals surface area (Å²) in [5.41, 5.74) is 6.64. The number of allylic oxidation sites excluding steroid dienone is 1. The third-order valence-corrected chi connectivity index (χ3v) is 3.78. The van der Waals surface area contributed by atoms with E-state index >= 15 is 0 Å². The zero-order valence-corrected chi connectivity index (χ0v) is 11.8. The molecule has 0 radical (unpaired) electrons. The predicted molar refractivity (Wildman–Crippen MR) is 75.1 cm³/mol. The second-order valence-corrected chi connectivity index (χ2v) is 5.30. The Bertz CT molecular complexity index is 395. The Morgan fingerprint density at radius 1 is 1.45 bits per heavy atom. The van der Waals surface area contributed by atoms with Crippen LogP contribution in [0.2, 0.25) is 0 Å². The molecule has 1 fully saturated rings. The number of nitrogens with two attached hydrogens (primary N) is 1. The first-order chi connectivity index (χ1) is 9.66. The van der Waals surface area contributed by atoms with Crippen molar-refractivity contribution in [2.45, 2.75) is 38.2 Å². The quantitative estimate of drug-likeness (QED) is 0.747. The number of hydrogen-bond donors (Lipinski definition) is 2. The first kappa shape index (κ1) is 14.8. The lowest BCUT2D eigenvalue weighted by Crippen LogP contribution is -2.53. The molecule has 1 atom stereocenters. The van der Waals surface area contributed by atoms with Gasteiger partial charge in [-0.15, -0.1) is 0 Å². The highest BCUT2D eigenvalue weighted by atomic mass is 16.5. The number of rotatable bonds is 4. The molecular formula is C14H23N3O3. The molecule has 3 amide bonds. The molecule has 2 rings (SSSR count). The van der Waals surface area contributed by atoms with E-state index in [9.17, 15) is 9.59 Å². The van der Waals surface area contributed by atoms with Gasteiger partial charge in [-0.3, -0.25) is 4.79 Å². The van der Waals surface area contributed by atoms with Gasteiger partial charge in [0.15, 0.2) is 6.10 Å². The number of carbonyl (C=O) groups excluding carboxylic acids is 2. The summed E-state index contributed by atoms with van der Waals surface area (Å²) in [5.74, 6) is -0.519. The minimum atomic E-state index is -0.685. The van der Waals surface area contributed by atoms with Crippen molar-refractivity contribution in [2.75, 3.05) is 26.2 Å². The van der Waals surface area contributed by atoms with Gasteiger partial charge in [0.05, 0.1) is 13.2 Å². The van der Waals surface area contributed by atoms with Gasteiger partial charge in [-0.25, -0.2) is 4.79 Å². The maximum Gasteiger partial charge on any atom is 0.317 e. The van der Waals surface area contributed by atoms with E-state index in [1.807, 2.05) is 0 Å². The number of nitrogens with one attached hydrogen (secondary N) is 1. The summed E-state index contributed by atoms with van der Waals surface area (Å²) in [6.45, 7) is 1.73. The SMILES string of the molecule is NC(=O)C1CN(C(=O)NCCC2=CCCCC2)CCO1. The van der Waals surface area contributed by atoms with Gasteiger partial charge < -0.3 is 20.7 Å². The van der Waals surface area contributed by atoms with Crippen LogP contribution in [0.25, 0.3) is 0 Å². The average Bonchev–Trinajstić information content (AvgIpc) is 2.48. The van der Waals surface area contributed by atoms with Gasteiger partial charge in [-0.05, 0) is 32.1 Å². The van der Waals surface area contributed by atoms with Gasteiger partial charge in [-0.2, -0.15) is 0 Å². The highest BCUT2D eigenvalue weighted by molar-refractivity contribution is 5.81. The Morgan fingerprint density at radius 3 is 3.00 bits per heavy atom. The topological polar surface area (TPSA) is 84.7 Å². The van der Waals surface area contributed by atoms with Crippen LogP contribution in [0, 0.1) is 0 Å². The van der Waals surface area contributed by atoms with Crippen molar-refractivity contribution in [3.8, 4) is 0 Å². The number of ether oxygens (including phenoxy) is 1. The summed E-state index contributed by atoms with van der Waals surface area (Å²) < 4.78 is 5.21. The minimum Gasteiger partial charge on any atom is -0.367 e.